The van der Waals surface area contributed by atoms with Crippen LogP contribution in [-0.4, -0.2) is 4.98 Å². The van der Waals surface area contributed by atoms with Crippen molar-refractivity contribution in [3.05, 3.63) is 102 Å². The smallest absolute Gasteiger partial charge is 0.0673 e. The Bertz CT molecular complexity index is 734. The van der Waals surface area contributed by atoms with E-state index in [-0.39, 0.29) is 5.92 Å². The molecule has 1 aromatic heterocycles. The molecule has 1 aromatic carbocycles. The van der Waals surface area contributed by atoms with E-state index in [1.807, 2.05) is 24.4 Å². The minimum atomic E-state index is 0.227. The maximum Gasteiger partial charge on any atom is 0.0673 e. The van der Waals surface area contributed by atoms with E-state index in [2.05, 4.69) is 78.7 Å². The van der Waals surface area contributed by atoms with Crippen LogP contribution in [0.5, 0.6) is 0 Å². The third-order valence-electron chi connectivity index (χ3n) is 3.77. The molecule has 22 heavy (non-hydrogen) atoms. The van der Waals surface area contributed by atoms with Crippen molar-refractivity contribution in [2.24, 2.45) is 5.92 Å². The zero-order valence-electron chi connectivity index (χ0n) is 12.7. The second-order valence-corrected chi connectivity index (χ2v) is 5.35. The summed E-state index contributed by atoms with van der Waals surface area (Å²) in [5.74, 6) is 0.227. The summed E-state index contributed by atoms with van der Waals surface area (Å²) in [4.78, 5) is 4.54. The van der Waals surface area contributed by atoms with Crippen molar-refractivity contribution in [2.75, 3.05) is 0 Å². The first-order valence-corrected chi connectivity index (χ1v) is 7.55. The normalized spacial score (nSPS) is 18.0. The van der Waals surface area contributed by atoms with E-state index in [1.165, 1.54) is 16.7 Å². The predicted octanol–water partition coefficient (Wildman–Crippen LogP) is 5.31. The number of allylic oxidation sites excluding steroid dienone is 7. The van der Waals surface area contributed by atoms with Gasteiger partial charge in [-0.3, -0.25) is 4.98 Å². The van der Waals surface area contributed by atoms with Gasteiger partial charge in [-0.05, 0) is 35.8 Å². The first-order chi connectivity index (χ1) is 10.8. The highest BCUT2D eigenvalue weighted by Crippen LogP contribution is 2.30. The summed E-state index contributed by atoms with van der Waals surface area (Å²) in [6.07, 6.45) is 14.8. The molecule has 1 heteroatoms. The SMILES string of the molecule is CC1=C(c2ccccn2)C(/C=C/c2ccccc2)C=CC=C1. The Morgan fingerprint density at radius 1 is 0.955 bits per heavy atom. The lowest BCUT2D eigenvalue weighted by Gasteiger charge is -2.15. The molecule has 1 heterocycles. The van der Waals surface area contributed by atoms with Crippen molar-refractivity contribution in [3.8, 4) is 0 Å². The number of hydrogen-bond acceptors (Lipinski definition) is 1. The first kappa shape index (κ1) is 14.3. The van der Waals surface area contributed by atoms with Crippen molar-refractivity contribution in [3.63, 3.8) is 0 Å². The number of hydrogen-bond donors (Lipinski definition) is 0. The molecule has 1 aliphatic carbocycles. The topological polar surface area (TPSA) is 12.9 Å². The molecule has 1 nitrogen and oxygen atoms in total. The van der Waals surface area contributed by atoms with Crippen LogP contribution in [0.1, 0.15) is 18.2 Å². The molecule has 0 fully saturated rings. The average Bonchev–Trinajstić information content (AvgIpc) is 2.76. The molecule has 0 radical (unpaired) electrons. The Kier molecular flexibility index (Phi) is 4.45. The van der Waals surface area contributed by atoms with Gasteiger partial charge in [0.05, 0.1) is 5.69 Å². The molecular formula is C21H19N. The van der Waals surface area contributed by atoms with Crippen LogP contribution in [0.15, 0.2) is 90.7 Å². The van der Waals surface area contributed by atoms with E-state index in [4.69, 9.17) is 0 Å². The van der Waals surface area contributed by atoms with Gasteiger partial charge in [0.1, 0.15) is 0 Å². The quantitative estimate of drug-likeness (QED) is 0.744. The van der Waals surface area contributed by atoms with Crippen molar-refractivity contribution in [2.45, 2.75) is 6.92 Å². The van der Waals surface area contributed by atoms with E-state index < -0.39 is 0 Å². The monoisotopic (exact) mass is 285 g/mol. The molecule has 0 bridgehead atoms. The van der Waals surface area contributed by atoms with Gasteiger partial charge in [0, 0.05) is 12.1 Å². The second-order valence-electron chi connectivity index (χ2n) is 5.35. The van der Waals surface area contributed by atoms with Gasteiger partial charge in [-0.1, -0.05) is 72.9 Å². The van der Waals surface area contributed by atoms with Crippen molar-refractivity contribution in [1.82, 2.24) is 4.98 Å². The fourth-order valence-electron chi connectivity index (χ4n) is 2.67. The summed E-state index contributed by atoms with van der Waals surface area (Å²) in [5, 5.41) is 0. The highest BCUT2D eigenvalue weighted by Gasteiger charge is 2.15. The lowest BCUT2D eigenvalue weighted by Crippen LogP contribution is -2.01. The van der Waals surface area contributed by atoms with Crippen LogP contribution in [-0.2, 0) is 0 Å². The molecular weight excluding hydrogens is 266 g/mol. The molecule has 0 saturated heterocycles. The van der Waals surface area contributed by atoms with Crippen molar-refractivity contribution in [1.29, 1.82) is 0 Å². The molecule has 0 aliphatic heterocycles. The van der Waals surface area contributed by atoms with Gasteiger partial charge in [0.25, 0.3) is 0 Å². The Hall–Kier alpha value is -2.67. The number of nitrogens with zero attached hydrogens (tertiary/aromatic N) is 1. The van der Waals surface area contributed by atoms with Gasteiger partial charge in [-0.2, -0.15) is 0 Å². The summed E-state index contributed by atoms with van der Waals surface area (Å²) >= 11 is 0. The number of aromatic nitrogens is 1. The Labute approximate surface area is 132 Å². The van der Waals surface area contributed by atoms with Gasteiger partial charge in [-0.25, -0.2) is 0 Å². The minimum Gasteiger partial charge on any atom is -0.257 e. The Morgan fingerprint density at radius 2 is 1.77 bits per heavy atom. The van der Waals surface area contributed by atoms with Gasteiger partial charge in [0.15, 0.2) is 0 Å². The predicted molar refractivity (Wildman–Crippen MR) is 94.1 cm³/mol. The van der Waals surface area contributed by atoms with E-state index in [9.17, 15) is 0 Å². The summed E-state index contributed by atoms with van der Waals surface area (Å²) < 4.78 is 0. The summed E-state index contributed by atoms with van der Waals surface area (Å²) in [5.41, 5.74) is 4.77. The van der Waals surface area contributed by atoms with Gasteiger partial charge in [-0.15, -0.1) is 0 Å². The summed E-state index contributed by atoms with van der Waals surface area (Å²) in [6.45, 7) is 2.15. The molecule has 2 aromatic rings. The maximum absolute atomic E-state index is 4.54. The molecule has 1 atom stereocenters. The van der Waals surface area contributed by atoms with Crippen LogP contribution >= 0.6 is 0 Å². The van der Waals surface area contributed by atoms with Gasteiger partial charge in [0.2, 0.25) is 0 Å². The van der Waals surface area contributed by atoms with Crippen LogP contribution in [0.3, 0.4) is 0 Å². The zero-order valence-corrected chi connectivity index (χ0v) is 12.7. The molecule has 1 unspecified atom stereocenters. The fourth-order valence-corrected chi connectivity index (χ4v) is 2.67. The van der Waals surface area contributed by atoms with Crippen LogP contribution in [0.25, 0.3) is 11.6 Å². The lowest BCUT2D eigenvalue weighted by atomic mass is 9.91. The summed E-state index contributed by atoms with van der Waals surface area (Å²) in [6, 6.07) is 16.5. The van der Waals surface area contributed by atoms with Crippen LogP contribution < -0.4 is 0 Å². The lowest BCUT2D eigenvalue weighted by molar-refractivity contribution is 1.06. The van der Waals surface area contributed by atoms with E-state index in [0.717, 1.165) is 5.69 Å². The second kappa shape index (κ2) is 6.86. The first-order valence-electron chi connectivity index (χ1n) is 7.55. The molecule has 0 N–H and O–H groups in total. The Morgan fingerprint density at radius 3 is 2.55 bits per heavy atom. The van der Waals surface area contributed by atoms with Crippen LogP contribution in [0.2, 0.25) is 0 Å². The van der Waals surface area contributed by atoms with E-state index in [0.29, 0.717) is 0 Å². The van der Waals surface area contributed by atoms with Crippen LogP contribution in [0, 0.1) is 5.92 Å². The summed E-state index contributed by atoms with van der Waals surface area (Å²) in [7, 11) is 0. The Balaban J connectivity index is 1.97. The number of benzene rings is 1. The van der Waals surface area contributed by atoms with E-state index in [1.54, 1.807) is 0 Å². The van der Waals surface area contributed by atoms with Gasteiger partial charge < -0.3 is 0 Å². The minimum absolute atomic E-state index is 0.227. The maximum atomic E-state index is 4.54. The zero-order chi connectivity index (χ0) is 15.2. The number of rotatable bonds is 3. The number of pyridine rings is 1. The molecule has 0 saturated carbocycles. The fraction of sp³-hybridized carbons (Fsp3) is 0.0952. The van der Waals surface area contributed by atoms with Crippen LogP contribution in [0.4, 0.5) is 0 Å². The third kappa shape index (κ3) is 3.32. The standard InChI is InChI=1S/C21H19N/c1-17-9-5-6-12-19(15-14-18-10-3-2-4-11-18)21(17)20-13-7-8-16-22-20/h2-16,19H,1H3/b15-14+. The molecule has 3 rings (SSSR count). The molecule has 108 valence electrons. The van der Waals surface area contributed by atoms with Gasteiger partial charge >= 0.3 is 0 Å². The van der Waals surface area contributed by atoms with Crippen molar-refractivity contribution >= 4 is 11.6 Å². The molecule has 1 aliphatic rings. The van der Waals surface area contributed by atoms with Crippen molar-refractivity contribution < 1.29 is 0 Å². The third-order valence-corrected chi connectivity index (χ3v) is 3.77. The average molecular weight is 285 g/mol. The largest absolute Gasteiger partial charge is 0.257 e. The molecule has 0 amide bonds. The highest BCUT2D eigenvalue weighted by molar-refractivity contribution is 5.74. The highest BCUT2D eigenvalue weighted by atomic mass is 14.7. The van der Waals surface area contributed by atoms with E-state index >= 15 is 0 Å². The molecule has 0 spiro atoms.